The van der Waals surface area contributed by atoms with Crippen LogP contribution in [0.4, 0.5) is 0 Å². The first-order chi connectivity index (χ1) is 22.5. The predicted octanol–water partition coefficient (Wildman–Crippen LogP) is 1.55. The zero-order chi connectivity index (χ0) is 34.9. The minimum atomic E-state index is -4.42. The third-order valence-electron chi connectivity index (χ3n) is 6.40. The van der Waals surface area contributed by atoms with Gasteiger partial charge in [-0.15, -0.1) is 10.2 Å². The quantitative estimate of drug-likeness (QED) is 0.122. The highest BCUT2D eigenvalue weighted by atomic mass is 32.2. The van der Waals surface area contributed by atoms with Crippen LogP contribution in [0.25, 0.3) is 34.2 Å². The molecule has 21 heteroatoms. The van der Waals surface area contributed by atoms with Gasteiger partial charge in [-0.2, -0.15) is 21.6 Å². The number of carbonyl (C=O) groups is 1. The molecule has 0 aliphatic rings. The van der Waals surface area contributed by atoms with E-state index in [-0.39, 0.29) is 50.0 Å². The van der Waals surface area contributed by atoms with E-state index in [1.54, 1.807) is 0 Å². The lowest BCUT2D eigenvalue weighted by atomic mass is 10.2. The maximum Gasteiger partial charge on any atom is 0.321 e. The Hall–Kier alpha value is -4.93. The van der Waals surface area contributed by atoms with Gasteiger partial charge >= 0.3 is 5.97 Å². The maximum atomic E-state index is 13.4. The van der Waals surface area contributed by atoms with E-state index in [1.807, 2.05) is 13.8 Å². The van der Waals surface area contributed by atoms with Crippen molar-refractivity contribution in [2.24, 2.45) is 5.92 Å². The summed E-state index contributed by atoms with van der Waals surface area (Å²) in [5, 5.41) is 16.2. The Morgan fingerprint density at radius 1 is 0.729 bits per heavy atom. The van der Waals surface area contributed by atoms with Crippen LogP contribution >= 0.6 is 0 Å². The predicted molar refractivity (Wildman–Crippen MR) is 166 cm³/mol. The number of pyridine rings is 1. The van der Waals surface area contributed by atoms with Crippen molar-refractivity contribution >= 4 is 36.2 Å². The molecule has 0 atom stereocenters. The number of rotatable bonds is 12. The molecule has 48 heavy (non-hydrogen) atoms. The minimum absolute atomic E-state index is 0.0168. The van der Waals surface area contributed by atoms with Crippen molar-refractivity contribution in [1.29, 1.82) is 0 Å². The summed E-state index contributed by atoms with van der Waals surface area (Å²) in [7, 11) is -13.2. The molecule has 0 aliphatic carbocycles. The van der Waals surface area contributed by atoms with E-state index in [9.17, 15) is 39.2 Å². The van der Waals surface area contributed by atoms with E-state index in [0.29, 0.717) is 11.4 Å². The van der Waals surface area contributed by atoms with Gasteiger partial charge in [-0.1, -0.05) is 24.3 Å². The van der Waals surface area contributed by atoms with Crippen molar-refractivity contribution < 1.29 is 43.9 Å². The van der Waals surface area contributed by atoms with Crippen LogP contribution in [0, 0.1) is 5.92 Å². The van der Waals surface area contributed by atoms with Crippen LogP contribution in [0.3, 0.4) is 0 Å². The Kier molecular flexibility index (Phi) is 9.53. The molecule has 3 N–H and O–H groups in total. The van der Waals surface area contributed by atoms with Crippen LogP contribution in [-0.2, 0) is 39.8 Å². The summed E-state index contributed by atoms with van der Waals surface area (Å²) in [5.74, 6) is -0.744. The molecular weight excluding hydrogens is 693 g/mol. The third kappa shape index (κ3) is 8.13. The standard InChI is InChI=1S/C27H26N8O10S3/c1-17(2)16-45-27(36)13-28-46(37,38)22-11-23(25-14-34(32-30-25)18-3-7-20(8-4-18)47(39,40)41)29-24(12-22)26-15-35(33-31-26)19-5-9-21(10-6-19)48(42,43)44/h3-12,14-15,17,28H,13,16H2,1-2H3,(H,39,40,41)(H,42,43,44). The molecule has 0 aliphatic heterocycles. The number of hydrogen-bond acceptors (Lipinski definition) is 13. The van der Waals surface area contributed by atoms with Gasteiger partial charge in [-0.05, 0) is 66.6 Å². The molecule has 0 bridgehead atoms. The lowest BCUT2D eigenvalue weighted by Crippen LogP contribution is -2.31. The average Bonchev–Trinajstić information content (AvgIpc) is 3.73. The molecule has 3 aromatic heterocycles. The fraction of sp³-hybridized carbons (Fsp3) is 0.185. The molecular formula is C27H26N8O10S3. The average molecular weight is 719 g/mol. The lowest BCUT2D eigenvalue weighted by molar-refractivity contribution is -0.143. The van der Waals surface area contributed by atoms with E-state index in [1.165, 1.54) is 58.2 Å². The Balaban J connectivity index is 1.51. The van der Waals surface area contributed by atoms with E-state index >= 15 is 0 Å². The van der Waals surface area contributed by atoms with Gasteiger partial charge in [0.15, 0.2) is 0 Å². The molecule has 0 amide bonds. The topological polar surface area (TPSA) is 256 Å². The van der Waals surface area contributed by atoms with Crippen LogP contribution in [0.2, 0.25) is 0 Å². The van der Waals surface area contributed by atoms with Gasteiger partial charge in [-0.25, -0.2) is 22.8 Å². The monoisotopic (exact) mass is 718 g/mol. The molecule has 0 unspecified atom stereocenters. The van der Waals surface area contributed by atoms with Gasteiger partial charge in [0, 0.05) is 0 Å². The smallest absolute Gasteiger partial charge is 0.321 e. The van der Waals surface area contributed by atoms with Crippen LogP contribution in [0.5, 0.6) is 0 Å². The number of esters is 1. The second-order valence-electron chi connectivity index (χ2n) is 10.5. The van der Waals surface area contributed by atoms with Crippen molar-refractivity contribution in [3.8, 4) is 34.2 Å². The zero-order valence-corrected chi connectivity index (χ0v) is 27.4. The van der Waals surface area contributed by atoms with Gasteiger partial charge in [0.05, 0.1) is 56.4 Å². The second-order valence-corrected chi connectivity index (χ2v) is 15.1. The van der Waals surface area contributed by atoms with Crippen molar-refractivity contribution in [2.45, 2.75) is 28.5 Å². The van der Waals surface area contributed by atoms with Crippen LogP contribution in [0.1, 0.15) is 13.8 Å². The summed E-state index contributed by atoms with van der Waals surface area (Å²) in [5.41, 5.74) is 0.934. The number of aromatic nitrogens is 7. The summed E-state index contributed by atoms with van der Waals surface area (Å²) >= 11 is 0. The van der Waals surface area contributed by atoms with Gasteiger partial charge in [0.2, 0.25) is 10.0 Å². The molecule has 18 nitrogen and oxygen atoms in total. The number of carbonyl (C=O) groups excluding carboxylic acids is 1. The highest BCUT2D eigenvalue weighted by molar-refractivity contribution is 7.89. The highest BCUT2D eigenvalue weighted by Crippen LogP contribution is 2.26. The maximum absolute atomic E-state index is 13.4. The van der Waals surface area contributed by atoms with Gasteiger partial charge in [-0.3, -0.25) is 13.9 Å². The number of nitrogens with one attached hydrogen (secondary N) is 1. The minimum Gasteiger partial charge on any atom is -0.464 e. The molecule has 3 heterocycles. The first kappa shape index (κ1) is 34.4. The number of sulfonamides is 1. The van der Waals surface area contributed by atoms with Gasteiger partial charge in [0.25, 0.3) is 20.2 Å². The van der Waals surface area contributed by atoms with Crippen LogP contribution in [-0.4, -0.2) is 88.5 Å². The molecule has 5 rings (SSSR count). The summed E-state index contributed by atoms with van der Waals surface area (Å²) < 4.78 is 101. The number of hydrogen-bond donors (Lipinski definition) is 3. The number of benzene rings is 2. The zero-order valence-electron chi connectivity index (χ0n) is 24.9. The van der Waals surface area contributed by atoms with Gasteiger partial charge < -0.3 is 4.74 Å². The van der Waals surface area contributed by atoms with Crippen molar-refractivity contribution in [1.82, 2.24) is 39.7 Å². The largest absolute Gasteiger partial charge is 0.464 e. The van der Waals surface area contributed by atoms with E-state index in [4.69, 9.17) is 4.74 Å². The molecule has 2 aromatic carbocycles. The van der Waals surface area contributed by atoms with E-state index in [2.05, 4.69) is 30.3 Å². The summed E-state index contributed by atoms with van der Waals surface area (Å²) in [6.07, 6.45) is 2.80. The fourth-order valence-electron chi connectivity index (χ4n) is 4.03. The van der Waals surface area contributed by atoms with E-state index in [0.717, 1.165) is 24.3 Å². The summed E-state index contributed by atoms with van der Waals surface area (Å²) in [6, 6.07) is 12.5. The Morgan fingerprint density at radius 2 is 1.17 bits per heavy atom. The highest BCUT2D eigenvalue weighted by Gasteiger charge is 2.22. The van der Waals surface area contributed by atoms with Crippen LogP contribution in [0.15, 0.2) is 87.7 Å². The Morgan fingerprint density at radius 3 is 1.56 bits per heavy atom. The SMILES string of the molecule is CC(C)COC(=O)CNS(=O)(=O)c1cc(-c2cn(-c3ccc(S(=O)(=O)O)cc3)nn2)nc(-c2cn(-c3ccc(S(=O)(=O)O)cc3)nn2)c1. The molecule has 0 saturated carbocycles. The normalized spacial score (nSPS) is 12.4. The third-order valence-corrected chi connectivity index (χ3v) is 9.52. The fourth-order valence-corrected chi connectivity index (χ4v) is 6.00. The summed E-state index contributed by atoms with van der Waals surface area (Å²) in [4.78, 5) is 15.6. The molecule has 0 radical (unpaired) electrons. The molecule has 0 saturated heterocycles. The number of nitrogens with zero attached hydrogens (tertiary/aromatic N) is 7. The van der Waals surface area contributed by atoms with Crippen molar-refractivity contribution in [2.75, 3.05) is 13.2 Å². The summed E-state index contributed by atoms with van der Waals surface area (Å²) in [6.45, 7) is 3.11. The van der Waals surface area contributed by atoms with Gasteiger partial charge in [0.1, 0.15) is 17.9 Å². The molecule has 252 valence electrons. The van der Waals surface area contributed by atoms with Crippen molar-refractivity contribution in [3.05, 3.63) is 73.1 Å². The molecule has 0 spiro atoms. The second kappa shape index (κ2) is 13.3. The molecule has 0 fully saturated rings. The number of ether oxygens (including phenoxy) is 1. The molecule has 5 aromatic rings. The van der Waals surface area contributed by atoms with Crippen molar-refractivity contribution in [3.63, 3.8) is 0 Å². The Labute approximate surface area is 274 Å². The first-order valence-electron chi connectivity index (χ1n) is 13.7. The van der Waals surface area contributed by atoms with E-state index < -0.39 is 42.8 Å². The lowest BCUT2D eigenvalue weighted by Gasteiger charge is -2.10. The Bertz CT molecular complexity index is 2170. The first-order valence-corrected chi connectivity index (χ1v) is 18.0. The van der Waals surface area contributed by atoms with Crippen LogP contribution < -0.4 is 4.72 Å².